The zero-order valence-corrected chi connectivity index (χ0v) is 11.4. The van der Waals surface area contributed by atoms with Crippen LogP contribution in [0.2, 0.25) is 0 Å². The summed E-state index contributed by atoms with van der Waals surface area (Å²) in [5.41, 5.74) is -1.21. The zero-order valence-electron chi connectivity index (χ0n) is 11.4. The van der Waals surface area contributed by atoms with Crippen LogP contribution in [0.1, 0.15) is 19.7 Å². The van der Waals surface area contributed by atoms with Gasteiger partial charge >= 0.3 is 0 Å². The number of H-pyrrole nitrogens is 1. The predicted molar refractivity (Wildman–Crippen MR) is 75.0 cm³/mol. The molecule has 0 fully saturated rings. The van der Waals surface area contributed by atoms with Gasteiger partial charge in [0.25, 0.3) is 11.4 Å². The monoisotopic (exact) mass is 291 g/mol. The average molecular weight is 291 g/mol. The molecule has 0 saturated heterocycles. The van der Waals surface area contributed by atoms with Crippen LogP contribution in [0.3, 0.4) is 0 Å². The number of hydrogen-bond donors (Lipinski definition) is 2. The maximum atomic E-state index is 11.1. The fourth-order valence-corrected chi connectivity index (χ4v) is 1.89. The second-order valence-electron chi connectivity index (χ2n) is 4.90. The van der Waals surface area contributed by atoms with Gasteiger partial charge in [-0.1, -0.05) is 0 Å². The number of rotatable bonds is 5. The van der Waals surface area contributed by atoms with E-state index in [1.807, 2.05) is 0 Å². The number of aromatic amines is 1. The summed E-state index contributed by atoms with van der Waals surface area (Å²) in [5.74, 6) is 0.593. The van der Waals surface area contributed by atoms with Gasteiger partial charge in [0.15, 0.2) is 0 Å². The molecule has 0 spiro atoms. The highest BCUT2D eigenvalue weighted by Crippen LogP contribution is 2.33. The first-order valence-electron chi connectivity index (χ1n) is 6.02. The molecule has 110 valence electrons. The van der Waals surface area contributed by atoms with Crippen LogP contribution < -0.4 is 5.32 Å². The van der Waals surface area contributed by atoms with E-state index < -0.39 is 15.4 Å². The Morgan fingerprint density at radius 3 is 2.48 bits per heavy atom. The van der Waals surface area contributed by atoms with Gasteiger partial charge in [0.1, 0.15) is 11.5 Å². The molecule has 0 aliphatic rings. The molecule has 0 aliphatic heterocycles. The molecule has 0 atom stereocenters. The van der Waals surface area contributed by atoms with Gasteiger partial charge in [0, 0.05) is 18.5 Å². The number of non-ortho nitro benzene ring substituents is 1. The summed E-state index contributed by atoms with van der Waals surface area (Å²) in [7, 11) is 0. The average Bonchev–Trinajstić information content (AvgIpc) is 2.92. The fraction of sp³-hybridized carbons (Fsp3) is 0.250. The third kappa shape index (κ3) is 2.96. The molecule has 0 bridgehead atoms. The highest BCUT2D eigenvalue weighted by atomic mass is 16.6. The Morgan fingerprint density at radius 1 is 1.24 bits per heavy atom. The molecule has 2 rings (SSSR count). The Balaban J connectivity index is 2.40. The Kier molecular flexibility index (Phi) is 3.57. The Labute approximate surface area is 119 Å². The lowest BCUT2D eigenvalue weighted by molar-refractivity contribution is -0.393. The minimum Gasteiger partial charge on any atom is -0.368 e. The van der Waals surface area contributed by atoms with E-state index in [0.717, 1.165) is 6.07 Å². The van der Waals surface area contributed by atoms with Crippen LogP contribution in [0.4, 0.5) is 17.1 Å². The summed E-state index contributed by atoms with van der Waals surface area (Å²) in [6.07, 6.45) is 3.21. The van der Waals surface area contributed by atoms with Gasteiger partial charge in [-0.3, -0.25) is 20.2 Å². The van der Waals surface area contributed by atoms with Crippen LogP contribution in [0.5, 0.6) is 0 Å². The van der Waals surface area contributed by atoms with E-state index in [1.165, 1.54) is 12.1 Å². The molecule has 1 heterocycles. The summed E-state index contributed by atoms with van der Waals surface area (Å²) in [5, 5.41) is 24.8. The molecular weight excluding hydrogens is 278 g/mol. The molecule has 0 aliphatic carbocycles. The minimum atomic E-state index is -0.704. The van der Waals surface area contributed by atoms with Crippen LogP contribution in [-0.2, 0) is 5.54 Å². The molecule has 2 aromatic rings. The summed E-state index contributed by atoms with van der Waals surface area (Å²) < 4.78 is 0. The quantitative estimate of drug-likeness (QED) is 0.643. The Hall–Kier alpha value is -2.97. The Morgan fingerprint density at radius 2 is 1.95 bits per heavy atom. The first kappa shape index (κ1) is 14.4. The van der Waals surface area contributed by atoms with E-state index >= 15 is 0 Å². The van der Waals surface area contributed by atoms with Crippen LogP contribution in [0.15, 0.2) is 30.6 Å². The summed E-state index contributed by atoms with van der Waals surface area (Å²) >= 11 is 0. The molecule has 0 unspecified atom stereocenters. The van der Waals surface area contributed by atoms with Gasteiger partial charge in [0.05, 0.1) is 21.5 Å². The lowest BCUT2D eigenvalue weighted by atomic mass is 10.0. The fourth-order valence-electron chi connectivity index (χ4n) is 1.89. The smallest absolute Gasteiger partial charge is 0.299 e. The van der Waals surface area contributed by atoms with Crippen molar-refractivity contribution in [3.05, 3.63) is 56.6 Å². The number of aromatic nitrogens is 2. The van der Waals surface area contributed by atoms with E-state index in [-0.39, 0.29) is 17.1 Å². The van der Waals surface area contributed by atoms with E-state index in [1.54, 1.807) is 26.2 Å². The molecule has 2 N–H and O–H groups in total. The first-order chi connectivity index (χ1) is 9.81. The third-order valence-corrected chi connectivity index (χ3v) is 2.93. The van der Waals surface area contributed by atoms with Crippen molar-refractivity contribution in [2.75, 3.05) is 5.32 Å². The number of imidazole rings is 1. The van der Waals surface area contributed by atoms with Crippen molar-refractivity contribution in [2.24, 2.45) is 0 Å². The van der Waals surface area contributed by atoms with E-state index in [0.29, 0.717) is 5.82 Å². The molecular formula is C12H13N5O4. The van der Waals surface area contributed by atoms with Crippen molar-refractivity contribution in [1.29, 1.82) is 0 Å². The van der Waals surface area contributed by atoms with Crippen molar-refractivity contribution < 1.29 is 9.85 Å². The Bertz CT molecular complexity index is 681. The van der Waals surface area contributed by atoms with Crippen LogP contribution in [0, 0.1) is 20.2 Å². The van der Waals surface area contributed by atoms with Crippen molar-refractivity contribution in [2.45, 2.75) is 19.4 Å². The molecule has 0 saturated carbocycles. The predicted octanol–water partition coefficient (Wildman–Crippen LogP) is 2.57. The zero-order chi connectivity index (χ0) is 15.6. The maximum absolute atomic E-state index is 11.1. The van der Waals surface area contributed by atoms with E-state index in [2.05, 4.69) is 15.3 Å². The molecule has 0 amide bonds. The normalized spacial score (nSPS) is 11.1. The second kappa shape index (κ2) is 5.19. The number of nitro groups is 2. The van der Waals surface area contributed by atoms with Gasteiger partial charge < -0.3 is 10.3 Å². The standard InChI is InChI=1S/C12H13N5O4/c1-12(2,11-13-5-6-14-11)15-9-4-3-8(16(18)19)7-10(9)17(20)21/h3-7,15H,1-2H3,(H,13,14). The topological polar surface area (TPSA) is 127 Å². The SMILES string of the molecule is CC(C)(Nc1ccc([N+](=O)[O-])cc1[N+](=O)[O-])c1ncc[nH]1. The number of hydrogen-bond acceptors (Lipinski definition) is 6. The van der Waals surface area contributed by atoms with Gasteiger partial charge in [-0.15, -0.1) is 0 Å². The van der Waals surface area contributed by atoms with Crippen LogP contribution in [0.25, 0.3) is 0 Å². The van der Waals surface area contributed by atoms with Gasteiger partial charge in [-0.25, -0.2) is 4.98 Å². The highest BCUT2D eigenvalue weighted by Gasteiger charge is 2.27. The van der Waals surface area contributed by atoms with Gasteiger partial charge in [-0.05, 0) is 19.9 Å². The van der Waals surface area contributed by atoms with Crippen LogP contribution in [-0.4, -0.2) is 19.8 Å². The number of nitro benzene ring substituents is 2. The number of nitrogens with one attached hydrogen (secondary N) is 2. The summed E-state index contributed by atoms with van der Waals surface area (Å²) in [6.45, 7) is 3.58. The number of nitrogens with zero attached hydrogens (tertiary/aromatic N) is 3. The largest absolute Gasteiger partial charge is 0.368 e. The van der Waals surface area contributed by atoms with E-state index in [4.69, 9.17) is 0 Å². The number of benzene rings is 1. The highest BCUT2D eigenvalue weighted by molar-refractivity contribution is 5.66. The minimum absolute atomic E-state index is 0.187. The number of anilines is 1. The van der Waals surface area contributed by atoms with Crippen molar-refractivity contribution in [3.8, 4) is 0 Å². The lowest BCUT2D eigenvalue weighted by Gasteiger charge is -2.25. The van der Waals surface area contributed by atoms with E-state index in [9.17, 15) is 20.2 Å². The van der Waals surface area contributed by atoms with Gasteiger partial charge in [0.2, 0.25) is 0 Å². The summed E-state index contributed by atoms with van der Waals surface area (Å²) in [4.78, 5) is 27.5. The van der Waals surface area contributed by atoms with Crippen LogP contribution >= 0.6 is 0 Å². The van der Waals surface area contributed by atoms with Crippen molar-refractivity contribution in [3.63, 3.8) is 0 Å². The lowest BCUT2D eigenvalue weighted by Crippen LogP contribution is -2.29. The third-order valence-electron chi connectivity index (χ3n) is 2.93. The van der Waals surface area contributed by atoms with Crippen molar-refractivity contribution >= 4 is 17.1 Å². The second-order valence-corrected chi connectivity index (χ2v) is 4.90. The molecule has 0 radical (unpaired) electrons. The molecule has 9 nitrogen and oxygen atoms in total. The maximum Gasteiger partial charge on any atom is 0.299 e. The molecule has 21 heavy (non-hydrogen) atoms. The molecule has 1 aromatic heterocycles. The molecule has 1 aromatic carbocycles. The first-order valence-corrected chi connectivity index (χ1v) is 6.02. The van der Waals surface area contributed by atoms with Gasteiger partial charge in [-0.2, -0.15) is 0 Å². The van der Waals surface area contributed by atoms with Crippen molar-refractivity contribution in [1.82, 2.24) is 9.97 Å². The summed E-state index contributed by atoms with van der Waals surface area (Å²) in [6, 6.07) is 3.47. The molecule has 9 heteroatoms.